The topological polar surface area (TPSA) is 55.5 Å². The predicted molar refractivity (Wildman–Crippen MR) is 105 cm³/mol. The minimum Gasteiger partial charge on any atom is -0.489 e. The molecule has 1 aliphatic carbocycles. The molecule has 1 aliphatic rings. The number of ether oxygens (including phenoxy) is 1. The zero-order chi connectivity index (χ0) is 18.6. The number of hydrogen-bond donors (Lipinski definition) is 2. The molecule has 0 heterocycles. The first kappa shape index (κ1) is 20.0. The van der Waals surface area contributed by atoms with Gasteiger partial charge in [-0.05, 0) is 79.3 Å². The van der Waals surface area contributed by atoms with Crippen LogP contribution < -0.4 is 10.5 Å². The van der Waals surface area contributed by atoms with Gasteiger partial charge in [0.05, 0.1) is 6.10 Å². The van der Waals surface area contributed by atoms with E-state index in [0.717, 1.165) is 11.3 Å². The van der Waals surface area contributed by atoms with Gasteiger partial charge in [-0.15, -0.1) is 0 Å². The van der Waals surface area contributed by atoms with Crippen molar-refractivity contribution in [1.82, 2.24) is 0 Å². The molecular formula is C22H35NO2. The van der Waals surface area contributed by atoms with Gasteiger partial charge in [-0.25, -0.2) is 0 Å². The molecule has 0 fully saturated rings. The van der Waals surface area contributed by atoms with Crippen molar-refractivity contribution in [2.75, 3.05) is 13.2 Å². The number of aliphatic hydroxyl groups excluding tert-OH is 1. The van der Waals surface area contributed by atoms with E-state index in [9.17, 15) is 5.11 Å². The average Bonchev–Trinajstić information content (AvgIpc) is 2.53. The molecule has 140 valence electrons. The van der Waals surface area contributed by atoms with E-state index in [4.69, 9.17) is 10.5 Å². The van der Waals surface area contributed by atoms with Crippen molar-refractivity contribution in [3.63, 3.8) is 0 Å². The fourth-order valence-corrected chi connectivity index (χ4v) is 3.73. The number of allylic oxidation sites excluding steroid dienone is 1. The summed E-state index contributed by atoms with van der Waals surface area (Å²) < 4.78 is 6.21. The van der Waals surface area contributed by atoms with Crippen LogP contribution in [0.5, 0.6) is 5.75 Å². The van der Waals surface area contributed by atoms with E-state index >= 15 is 0 Å². The van der Waals surface area contributed by atoms with E-state index in [0.29, 0.717) is 25.5 Å². The van der Waals surface area contributed by atoms with Crippen LogP contribution in [0.25, 0.3) is 0 Å². The van der Waals surface area contributed by atoms with Crippen LogP contribution in [0, 0.1) is 5.41 Å². The van der Waals surface area contributed by atoms with Crippen LogP contribution in [-0.2, 0) is 0 Å². The van der Waals surface area contributed by atoms with Gasteiger partial charge < -0.3 is 15.6 Å². The summed E-state index contributed by atoms with van der Waals surface area (Å²) in [6.07, 6.45) is 3.70. The lowest BCUT2D eigenvalue weighted by molar-refractivity contribution is 0.169. The lowest BCUT2D eigenvalue weighted by atomic mass is 9.73. The van der Waals surface area contributed by atoms with Crippen LogP contribution in [-0.4, -0.2) is 18.3 Å². The molecule has 25 heavy (non-hydrogen) atoms. The van der Waals surface area contributed by atoms with Crippen molar-refractivity contribution >= 4 is 0 Å². The van der Waals surface area contributed by atoms with Crippen molar-refractivity contribution in [3.05, 3.63) is 40.5 Å². The highest BCUT2D eigenvalue weighted by Gasteiger charge is 2.28. The summed E-state index contributed by atoms with van der Waals surface area (Å²) >= 11 is 0. The Bertz CT molecular complexity index is 616. The zero-order valence-electron chi connectivity index (χ0n) is 16.6. The lowest BCUT2D eigenvalue weighted by Gasteiger charge is -2.34. The molecule has 0 saturated heterocycles. The first-order chi connectivity index (χ1) is 11.7. The Labute approximate surface area is 153 Å². The molecule has 0 aliphatic heterocycles. The molecule has 1 atom stereocenters. The molecular weight excluding hydrogens is 310 g/mol. The summed E-state index contributed by atoms with van der Waals surface area (Å²) in [4.78, 5) is 0. The molecule has 3 N–H and O–H groups in total. The van der Waals surface area contributed by atoms with E-state index < -0.39 is 6.10 Å². The van der Waals surface area contributed by atoms with Crippen LogP contribution in [0.2, 0.25) is 0 Å². The standard InChI is InChI=1S/C22H35NO2/c1-15(2)17-11-18(21(24)8-10-23)13-19(12-17)25-14-20-16(3)7-6-9-22(20,4)5/h11-13,15,21,24H,6-10,14,23H2,1-5H3. The molecule has 2 rings (SSSR count). The second kappa shape index (κ2) is 8.37. The summed E-state index contributed by atoms with van der Waals surface area (Å²) in [5, 5.41) is 10.3. The number of benzene rings is 1. The van der Waals surface area contributed by atoms with Crippen LogP contribution in [0.15, 0.2) is 29.3 Å². The van der Waals surface area contributed by atoms with Gasteiger partial charge in [0, 0.05) is 0 Å². The third-order valence-electron chi connectivity index (χ3n) is 5.51. The Morgan fingerprint density at radius 1 is 1.20 bits per heavy atom. The van der Waals surface area contributed by atoms with Crippen molar-refractivity contribution in [3.8, 4) is 5.75 Å². The van der Waals surface area contributed by atoms with Gasteiger partial charge >= 0.3 is 0 Å². The minimum absolute atomic E-state index is 0.208. The molecule has 3 nitrogen and oxygen atoms in total. The molecule has 3 heteroatoms. The first-order valence-electron chi connectivity index (χ1n) is 9.59. The first-order valence-corrected chi connectivity index (χ1v) is 9.59. The molecule has 1 aromatic rings. The Balaban J connectivity index is 2.23. The van der Waals surface area contributed by atoms with Gasteiger partial charge in [0.15, 0.2) is 0 Å². The smallest absolute Gasteiger partial charge is 0.120 e. The third kappa shape index (κ3) is 5.08. The zero-order valence-corrected chi connectivity index (χ0v) is 16.6. The van der Waals surface area contributed by atoms with E-state index in [-0.39, 0.29) is 5.41 Å². The monoisotopic (exact) mass is 345 g/mol. The Kier molecular flexibility index (Phi) is 6.70. The number of aliphatic hydroxyl groups is 1. The van der Waals surface area contributed by atoms with Crippen molar-refractivity contribution < 1.29 is 9.84 Å². The summed E-state index contributed by atoms with van der Waals surface area (Å²) in [6, 6.07) is 6.15. The highest BCUT2D eigenvalue weighted by atomic mass is 16.5. The van der Waals surface area contributed by atoms with Gasteiger partial charge in [0.2, 0.25) is 0 Å². The van der Waals surface area contributed by atoms with Gasteiger partial charge in [0.25, 0.3) is 0 Å². The maximum Gasteiger partial charge on any atom is 0.120 e. The average molecular weight is 346 g/mol. The van der Waals surface area contributed by atoms with Crippen LogP contribution in [0.1, 0.15) is 83.5 Å². The SMILES string of the molecule is CC1=C(COc2cc(C(C)C)cc(C(O)CCN)c2)C(C)(C)CCC1. The molecule has 0 aromatic heterocycles. The molecule has 0 bridgehead atoms. The molecule has 0 amide bonds. The molecule has 1 aromatic carbocycles. The highest BCUT2D eigenvalue weighted by molar-refractivity contribution is 5.37. The number of rotatable bonds is 7. The quantitative estimate of drug-likeness (QED) is 0.676. The summed E-state index contributed by atoms with van der Waals surface area (Å²) in [5.74, 6) is 1.23. The second-order valence-electron chi connectivity index (χ2n) is 8.37. The van der Waals surface area contributed by atoms with Crippen LogP contribution in [0.3, 0.4) is 0 Å². The number of hydrogen-bond acceptors (Lipinski definition) is 3. The summed E-state index contributed by atoms with van der Waals surface area (Å²) in [5.41, 5.74) is 10.8. The highest BCUT2D eigenvalue weighted by Crippen LogP contribution is 2.40. The minimum atomic E-state index is -0.530. The second-order valence-corrected chi connectivity index (χ2v) is 8.37. The fraction of sp³-hybridized carbons (Fsp3) is 0.636. The van der Waals surface area contributed by atoms with Gasteiger partial charge in [-0.3, -0.25) is 0 Å². The third-order valence-corrected chi connectivity index (χ3v) is 5.51. The van der Waals surface area contributed by atoms with Crippen molar-refractivity contribution in [2.45, 2.75) is 72.3 Å². The maximum atomic E-state index is 10.3. The van der Waals surface area contributed by atoms with Gasteiger partial charge in [-0.2, -0.15) is 0 Å². The predicted octanol–water partition coefficient (Wildman–Crippen LogP) is 5.10. The largest absolute Gasteiger partial charge is 0.489 e. The Morgan fingerprint density at radius 2 is 1.88 bits per heavy atom. The van der Waals surface area contributed by atoms with E-state index in [1.165, 1.54) is 36.0 Å². The Morgan fingerprint density at radius 3 is 2.48 bits per heavy atom. The molecule has 1 unspecified atom stereocenters. The maximum absolute atomic E-state index is 10.3. The lowest BCUT2D eigenvalue weighted by Crippen LogP contribution is -2.24. The van der Waals surface area contributed by atoms with Crippen LogP contribution >= 0.6 is 0 Å². The fourth-order valence-electron chi connectivity index (χ4n) is 3.73. The van der Waals surface area contributed by atoms with Gasteiger partial charge in [0.1, 0.15) is 12.4 Å². The van der Waals surface area contributed by atoms with E-state index in [1.807, 2.05) is 6.07 Å². The van der Waals surface area contributed by atoms with E-state index in [2.05, 4.69) is 46.8 Å². The van der Waals surface area contributed by atoms with E-state index in [1.54, 1.807) is 0 Å². The van der Waals surface area contributed by atoms with Crippen molar-refractivity contribution in [1.29, 1.82) is 0 Å². The van der Waals surface area contributed by atoms with Gasteiger partial charge in [-0.1, -0.05) is 39.3 Å². The molecule has 0 spiro atoms. The Hall–Kier alpha value is -1.32. The molecule has 0 radical (unpaired) electrons. The van der Waals surface area contributed by atoms with Crippen LogP contribution in [0.4, 0.5) is 0 Å². The summed E-state index contributed by atoms with van der Waals surface area (Å²) in [7, 11) is 0. The number of nitrogens with two attached hydrogens (primary N) is 1. The van der Waals surface area contributed by atoms with Crippen molar-refractivity contribution in [2.24, 2.45) is 11.1 Å². The normalized spacial score (nSPS) is 18.6. The summed E-state index contributed by atoms with van der Waals surface area (Å²) in [6.45, 7) is 12.3. The molecule has 0 saturated carbocycles.